The van der Waals surface area contributed by atoms with Gasteiger partial charge in [-0.1, -0.05) is 6.92 Å². The Morgan fingerprint density at radius 1 is 1.50 bits per heavy atom. The summed E-state index contributed by atoms with van der Waals surface area (Å²) in [4.78, 5) is 10.9. The van der Waals surface area contributed by atoms with E-state index in [1.54, 1.807) is 6.92 Å². The van der Waals surface area contributed by atoms with E-state index in [1.807, 2.05) is 0 Å². The molecule has 1 unspecified atom stereocenters. The molecule has 94 valence electrons. The number of carbonyl (C=O) groups is 1. The van der Waals surface area contributed by atoms with E-state index in [2.05, 4.69) is 10.6 Å². The molecule has 0 radical (unpaired) electrons. The van der Waals surface area contributed by atoms with Crippen LogP contribution in [0.15, 0.2) is 0 Å². The lowest BCUT2D eigenvalue weighted by Gasteiger charge is -2.23. The summed E-state index contributed by atoms with van der Waals surface area (Å²) in [7, 11) is -2.84. The fourth-order valence-electron chi connectivity index (χ4n) is 1.65. The van der Waals surface area contributed by atoms with E-state index in [1.165, 1.54) is 0 Å². The lowest BCUT2D eigenvalue weighted by molar-refractivity contribution is -0.122. The number of hydrogen-bond donors (Lipinski definition) is 2. The number of rotatable bonds is 6. The van der Waals surface area contributed by atoms with Crippen LogP contribution in [0, 0.1) is 0 Å². The molecule has 0 bridgehead atoms. The first-order chi connectivity index (χ1) is 7.53. The molecule has 1 atom stereocenters. The van der Waals surface area contributed by atoms with Crippen LogP contribution >= 0.6 is 0 Å². The average molecular weight is 248 g/mol. The minimum atomic E-state index is -2.84. The smallest absolute Gasteiger partial charge is 0.220 e. The van der Waals surface area contributed by atoms with Crippen LogP contribution in [0.25, 0.3) is 0 Å². The minimum Gasteiger partial charge on any atom is -0.355 e. The van der Waals surface area contributed by atoms with Crippen LogP contribution in [0.4, 0.5) is 0 Å². The largest absolute Gasteiger partial charge is 0.355 e. The number of amides is 1. The van der Waals surface area contributed by atoms with E-state index >= 15 is 0 Å². The summed E-state index contributed by atoms with van der Waals surface area (Å²) in [6.07, 6.45) is 2.04. The van der Waals surface area contributed by atoms with Gasteiger partial charge in [0.25, 0.3) is 0 Å². The third-order valence-corrected chi connectivity index (χ3v) is 4.56. The Bertz CT molecular complexity index is 317. The molecule has 1 amide bonds. The molecular weight excluding hydrogens is 228 g/mol. The van der Waals surface area contributed by atoms with Gasteiger partial charge in [-0.05, 0) is 19.4 Å². The number of sulfone groups is 1. The third-order valence-electron chi connectivity index (χ3n) is 2.77. The first-order valence-corrected chi connectivity index (χ1v) is 7.56. The first-order valence-electron chi connectivity index (χ1n) is 5.74. The molecule has 0 aromatic rings. The van der Waals surface area contributed by atoms with Crippen molar-refractivity contribution in [1.82, 2.24) is 10.6 Å². The van der Waals surface area contributed by atoms with Crippen molar-refractivity contribution in [3.05, 3.63) is 0 Å². The standard InChI is InChI=1S/C10H20N2O3S/c1-2-16(14,15)7-3-6-11-9-4-5-10(13)12-8-9/h9,11H,2-8H2,1H3,(H,12,13). The van der Waals surface area contributed by atoms with Crippen molar-refractivity contribution in [3.8, 4) is 0 Å². The zero-order chi connectivity index (χ0) is 12.0. The van der Waals surface area contributed by atoms with Crippen molar-refractivity contribution in [2.45, 2.75) is 32.2 Å². The number of carbonyl (C=O) groups excluding carboxylic acids is 1. The Labute approximate surface area is 96.9 Å². The van der Waals surface area contributed by atoms with Crippen molar-refractivity contribution in [2.24, 2.45) is 0 Å². The summed E-state index contributed by atoms with van der Waals surface area (Å²) < 4.78 is 22.4. The molecule has 0 aromatic heterocycles. The molecule has 5 nitrogen and oxygen atoms in total. The van der Waals surface area contributed by atoms with Crippen LogP contribution in [0.1, 0.15) is 26.2 Å². The van der Waals surface area contributed by atoms with Gasteiger partial charge in [-0.25, -0.2) is 8.42 Å². The van der Waals surface area contributed by atoms with Gasteiger partial charge in [0.15, 0.2) is 0 Å². The Morgan fingerprint density at radius 3 is 2.81 bits per heavy atom. The minimum absolute atomic E-state index is 0.103. The van der Waals surface area contributed by atoms with Crippen LogP contribution in [0.5, 0.6) is 0 Å². The zero-order valence-corrected chi connectivity index (χ0v) is 10.5. The maximum Gasteiger partial charge on any atom is 0.220 e. The van der Waals surface area contributed by atoms with Crippen molar-refractivity contribution in [1.29, 1.82) is 0 Å². The average Bonchev–Trinajstić information content (AvgIpc) is 2.27. The highest BCUT2D eigenvalue weighted by Gasteiger charge is 2.17. The topological polar surface area (TPSA) is 75.3 Å². The highest BCUT2D eigenvalue weighted by molar-refractivity contribution is 7.91. The summed E-state index contributed by atoms with van der Waals surface area (Å²) in [6.45, 7) is 3.01. The number of nitrogens with one attached hydrogen (secondary N) is 2. The van der Waals surface area contributed by atoms with Crippen LogP contribution in [-0.4, -0.2) is 45.0 Å². The summed E-state index contributed by atoms with van der Waals surface area (Å²) in [6, 6.07) is 0.294. The molecule has 1 heterocycles. The van der Waals surface area contributed by atoms with Crippen molar-refractivity contribution >= 4 is 15.7 Å². The second-order valence-electron chi connectivity index (χ2n) is 4.08. The molecule has 16 heavy (non-hydrogen) atoms. The predicted octanol–water partition coefficient (Wildman–Crippen LogP) is -0.321. The van der Waals surface area contributed by atoms with E-state index in [4.69, 9.17) is 0 Å². The fraction of sp³-hybridized carbons (Fsp3) is 0.900. The van der Waals surface area contributed by atoms with Gasteiger partial charge in [-0.2, -0.15) is 0 Å². The Balaban J connectivity index is 2.10. The van der Waals surface area contributed by atoms with E-state index in [0.29, 0.717) is 32.0 Å². The lowest BCUT2D eigenvalue weighted by Crippen LogP contribution is -2.46. The van der Waals surface area contributed by atoms with Gasteiger partial charge in [0.2, 0.25) is 5.91 Å². The second kappa shape index (κ2) is 6.20. The second-order valence-corrected chi connectivity index (χ2v) is 6.56. The molecule has 0 aliphatic carbocycles. The van der Waals surface area contributed by atoms with Gasteiger partial charge in [0, 0.05) is 24.8 Å². The molecule has 1 aliphatic heterocycles. The SMILES string of the molecule is CCS(=O)(=O)CCCNC1CCC(=O)NC1. The highest BCUT2D eigenvalue weighted by Crippen LogP contribution is 2.02. The monoisotopic (exact) mass is 248 g/mol. The quantitative estimate of drug-likeness (QED) is 0.632. The molecule has 2 N–H and O–H groups in total. The number of hydrogen-bond acceptors (Lipinski definition) is 4. The zero-order valence-electron chi connectivity index (χ0n) is 9.66. The number of piperidine rings is 1. The van der Waals surface area contributed by atoms with Crippen LogP contribution in [0.3, 0.4) is 0 Å². The van der Waals surface area contributed by atoms with Gasteiger partial charge in [0.1, 0.15) is 9.84 Å². The molecule has 1 saturated heterocycles. The molecule has 1 rings (SSSR count). The van der Waals surface area contributed by atoms with E-state index < -0.39 is 9.84 Å². The predicted molar refractivity (Wildman–Crippen MR) is 63.0 cm³/mol. The van der Waals surface area contributed by atoms with Gasteiger partial charge >= 0.3 is 0 Å². The maximum absolute atomic E-state index is 11.2. The fourth-order valence-corrected chi connectivity index (χ4v) is 2.52. The Morgan fingerprint density at radius 2 is 2.25 bits per heavy atom. The van der Waals surface area contributed by atoms with E-state index in [-0.39, 0.29) is 17.4 Å². The van der Waals surface area contributed by atoms with Crippen LogP contribution in [0.2, 0.25) is 0 Å². The summed E-state index contributed by atoms with van der Waals surface area (Å²) >= 11 is 0. The van der Waals surface area contributed by atoms with E-state index in [9.17, 15) is 13.2 Å². The molecule has 1 fully saturated rings. The molecular formula is C10H20N2O3S. The Hall–Kier alpha value is -0.620. The lowest BCUT2D eigenvalue weighted by atomic mass is 10.1. The summed E-state index contributed by atoms with van der Waals surface area (Å²) in [5.41, 5.74) is 0. The van der Waals surface area contributed by atoms with E-state index in [0.717, 1.165) is 6.42 Å². The van der Waals surface area contributed by atoms with Crippen LogP contribution < -0.4 is 10.6 Å². The molecule has 0 saturated carbocycles. The molecule has 0 spiro atoms. The molecule has 6 heteroatoms. The maximum atomic E-state index is 11.2. The van der Waals surface area contributed by atoms with Gasteiger partial charge in [-0.3, -0.25) is 4.79 Å². The Kier molecular flexibility index (Phi) is 5.21. The van der Waals surface area contributed by atoms with Gasteiger partial charge in [-0.15, -0.1) is 0 Å². The van der Waals surface area contributed by atoms with Crippen molar-refractivity contribution in [2.75, 3.05) is 24.6 Å². The van der Waals surface area contributed by atoms with Crippen molar-refractivity contribution < 1.29 is 13.2 Å². The third kappa shape index (κ3) is 4.94. The molecule has 0 aromatic carbocycles. The normalized spacial score (nSPS) is 21.8. The summed E-state index contributed by atoms with van der Waals surface area (Å²) in [5.74, 6) is 0.564. The van der Waals surface area contributed by atoms with Crippen LogP contribution in [-0.2, 0) is 14.6 Å². The molecule has 1 aliphatic rings. The van der Waals surface area contributed by atoms with Gasteiger partial charge < -0.3 is 10.6 Å². The van der Waals surface area contributed by atoms with Gasteiger partial charge in [0.05, 0.1) is 5.75 Å². The summed E-state index contributed by atoms with van der Waals surface area (Å²) in [5, 5.41) is 6.04. The highest BCUT2D eigenvalue weighted by atomic mass is 32.2. The first kappa shape index (κ1) is 13.4. The van der Waals surface area contributed by atoms with Crippen molar-refractivity contribution in [3.63, 3.8) is 0 Å².